The molecule has 1 aromatic carbocycles. The number of aromatic nitrogens is 5. The van der Waals surface area contributed by atoms with Gasteiger partial charge in [0.1, 0.15) is 11.4 Å². The van der Waals surface area contributed by atoms with Crippen molar-refractivity contribution in [2.24, 2.45) is 5.92 Å². The first kappa shape index (κ1) is 26.8. The first-order valence-electron chi connectivity index (χ1n) is 13.2. The summed E-state index contributed by atoms with van der Waals surface area (Å²) in [6, 6.07) is 18.0. The fourth-order valence-electron chi connectivity index (χ4n) is 4.60. The number of hydrogen-bond donors (Lipinski definition) is 3. The van der Waals surface area contributed by atoms with E-state index in [1.54, 1.807) is 51.9 Å². The molecular weight excluding hydrogens is 506 g/mol. The molecule has 0 aliphatic rings. The molecule has 3 N–H and O–H groups in total. The average molecular weight is 538 g/mol. The second kappa shape index (κ2) is 11.9. The fraction of sp³-hybridized carbons (Fsp3) is 0.233. The molecule has 0 fully saturated rings. The second-order valence-electron chi connectivity index (χ2n) is 9.93. The van der Waals surface area contributed by atoms with Crippen LogP contribution >= 0.6 is 0 Å². The van der Waals surface area contributed by atoms with Crippen LogP contribution in [-0.4, -0.2) is 53.7 Å². The minimum absolute atomic E-state index is 0.186. The molecule has 40 heavy (non-hydrogen) atoms. The van der Waals surface area contributed by atoms with Gasteiger partial charge in [0.15, 0.2) is 5.65 Å². The van der Waals surface area contributed by atoms with Crippen LogP contribution in [0.4, 0.5) is 0 Å². The zero-order valence-corrected chi connectivity index (χ0v) is 22.4. The van der Waals surface area contributed by atoms with Gasteiger partial charge in [-0.05, 0) is 48.7 Å². The van der Waals surface area contributed by atoms with Gasteiger partial charge in [-0.15, -0.1) is 0 Å². The van der Waals surface area contributed by atoms with Crippen LogP contribution in [-0.2, 0) is 6.54 Å². The lowest BCUT2D eigenvalue weighted by atomic mass is 10.0. The zero-order valence-electron chi connectivity index (χ0n) is 22.4. The quantitative estimate of drug-likeness (QED) is 0.250. The number of para-hydroxylation sites is 1. The minimum atomic E-state index is -0.419. The summed E-state index contributed by atoms with van der Waals surface area (Å²) in [4.78, 5) is 36.0. The highest BCUT2D eigenvalue weighted by molar-refractivity contribution is 6.04. The van der Waals surface area contributed by atoms with Gasteiger partial charge in [0.05, 0.1) is 35.8 Å². The van der Waals surface area contributed by atoms with E-state index in [1.165, 1.54) is 0 Å². The van der Waals surface area contributed by atoms with Crippen LogP contribution in [0.5, 0.6) is 0 Å². The lowest BCUT2D eigenvalue weighted by Gasteiger charge is -2.18. The standard InChI is InChI=1S/C30H31N7O3/c1-20(2)15-22(19-38)34-30(40)27-26(25-12-6-7-13-31-25)35-28-24(11-8-14-36(27)28)29(39)32-16-21-17-33-37(18-21)23-9-4-3-5-10-23/h3-14,17-18,20,22,38H,15-16,19H2,1-2H3,(H,32,39)(H,34,40)/t22-/m0/s1. The van der Waals surface area contributed by atoms with Gasteiger partial charge in [0, 0.05) is 30.7 Å². The Hall–Kier alpha value is -4.83. The number of pyridine rings is 2. The predicted octanol–water partition coefficient (Wildman–Crippen LogP) is 3.65. The molecule has 0 aliphatic carbocycles. The average Bonchev–Trinajstić information content (AvgIpc) is 3.61. The van der Waals surface area contributed by atoms with E-state index in [0.717, 1.165) is 11.3 Å². The van der Waals surface area contributed by atoms with E-state index in [0.29, 0.717) is 29.0 Å². The van der Waals surface area contributed by atoms with Gasteiger partial charge >= 0.3 is 0 Å². The maximum absolute atomic E-state index is 13.6. The smallest absolute Gasteiger partial charge is 0.270 e. The number of nitrogens with zero attached hydrogens (tertiary/aromatic N) is 5. The molecule has 0 aliphatic heterocycles. The number of aliphatic hydroxyl groups excluding tert-OH is 1. The maximum Gasteiger partial charge on any atom is 0.270 e. The highest BCUT2D eigenvalue weighted by atomic mass is 16.3. The van der Waals surface area contributed by atoms with Gasteiger partial charge in [-0.1, -0.05) is 38.1 Å². The van der Waals surface area contributed by atoms with Gasteiger partial charge in [-0.25, -0.2) is 9.67 Å². The van der Waals surface area contributed by atoms with Gasteiger partial charge < -0.3 is 15.7 Å². The van der Waals surface area contributed by atoms with E-state index in [2.05, 4.69) is 20.7 Å². The Morgan fingerprint density at radius 1 is 1.00 bits per heavy atom. The number of amides is 2. The van der Waals surface area contributed by atoms with Crippen molar-refractivity contribution in [2.75, 3.05) is 6.61 Å². The van der Waals surface area contributed by atoms with E-state index in [-0.39, 0.29) is 30.7 Å². The first-order chi connectivity index (χ1) is 19.4. The largest absolute Gasteiger partial charge is 0.394 e. The highest BCUT2D eigenvalue weighted by Crippen LogP contribution is 2.25. The molecule has 5 aromatic rings. The van der Waals surface area contributed by atoms with Crippen molar-refractivity contribution >= 4 is 17.5 Å². The molecular formula is C30H31N7O3. The van der Waals surface area contributed by atoms with E-state index < -0.39 is 11.9 Å². The van der Waals surface area contributed by atoms with Crippen molar-refractivity contribution in [2.45, 2.75) is 32.9 Å². The summed E-state index contributed by atoms with van der Waals surface area (Å²) in [6.07, 6.45) is 7.51. The number of carbonyl (C=O) groups is 2. The normalized spacial score (nSPS) is 12.0. The molecule has 4 heterocycles. The fourth-order valence-corrected chi connectivity index (χ4v) is 4.60. The number of benzene rings is 1. The summed E-state index contributed by atoms with van der Waals surface area (Å²) < 4.78 is 3.35. The Balaban J connectivity index is 1.45. The Morgan fingerprint density at radius 3 is 2.52 bits per heavy atom. The zero-order chi connectivity index (χ0) is 28.1. The van der Waals surface area contributed by atoms with Gasteiger partial charge in [-0.3, -0.25) is 19.0 Å². The number of aliphatic hydroxyl groups is 1. The van der Waals surface area contributed by atoms with Crippen LogP contribution < -0.4 is 10.6 Å². The van der Waals surface area contributed by atoms with Crippen LogP contribution in [0.25, 0.3) is 22.7 Å². The molecule has 1 atom stereocenters. The van der Waals surface area contributed by atoms with E-state index in [4.69, 9.17) is 4.98 Å². The highest BCUT2D eigenvalue weighted by Gasteiger charge is 2.26. The molecule has 0 saturated carbocycles. The number of hydrogen-bond acceptors (Lipinski definition) is 6. The third-order valence-corrected chi connectivity index (χ3v) is 6.44. The Morgan fingerprint density at radius 2 is 1.80 bits per heavy atom. The number of imidazole rings is 1. The number of nitrogens with one attached hydrogen (secondary N) is 2. The molecule has 0 bridgehead atoms. The molecule has 0 spiro atoms. The lowest BCUT2D eigenvalue weighted by molar-refractivity contribution is 0.0901. The molecule has 204 valence electrons. The molecule has 10 heteroatoms. The van der Waals surface area contributed by atoms with Crippen LogP contribution in [0.15, 0.2) is 85.5 Å². The van der Waals surface area contributed by atoms with Crippen molar-refractivity contribution in [1.82, 2.24) is 34.8 Å². The first-order valence-corrected chi connectivity index (χ1v) is 13.2. The molecule has 5 rings (SSSR count). The summed E-state index contributed by atoms with van der Waals surface area (Å²) in [5, 5.41) is 20.1. The number of carbonyl (C=O) groups excluding carboxylic acids is 2. The summed E-state index contributed by atoms with van der Waals surface area (Å²) in [7, 11) is 0. The summed E-state index contributed by atoms with van der Waals surface area (Å²) >= 11 is 0. The SMILES string of the molecule is CC(C)C[C@@H](CO)NC(=O)c1c(-c2ccccn2)nc2c(C(=O)NCc3cnn(-c4ccccc4)c3)cccn12. The number of rotatable bonds is 10. The third-order valence-electron chi connectivity index (χ3n) is 6.44. The van der Waals surface area contributed by atoms with Gasteiger partial charge in [-0.2, -0.15) is 5.10 Å². The maximum atomic E-state index is 13.6. The van der Waals surface area contributed by atoms with Crippen LogP contribution in [0, 0.1) is 5.92 Å². The van der Waals surface area contributed by atoms with E-state index in [1.807, 2.05) is 56.4 Å². The van der Waals surface area contributed by atoms with Crippen LogP contribution in [0.3, 0.4) is 0 Å². The van der Waals surface area contributed by atoms with E-state index in [9.17, 15) is 14.7 Å². The second-order valence-corrected chi connectivity index (χ2v) is 9.93. The molecule has 0 radical (unpaired) electrons. The van der Waals surface area contributed by atoms with Gasteiger partial charge in [0.25, 0.3) is 11.8 Å². The Bertz CT molecular complexity index is 1610. The molecule has 0 unspecified atom stereocenters. The van der Waals surface area contributed by atoms with Crippen LogP contribution in [0.1, 0.15) is 46.7 Å². The predicted molar refractivity (Wildman–Crippen MR) is 151 cm³/mol. The molecule has 0 saturated heterocycles. The monoisotopic (exact) mass is 537 g/mol. The Kier molecular flexibility index (Phi) is 7.97. The molecule has 10 nitrogen and oxygen atoms in total. The molecule has 2 amide bonds. The van der Waals surface area contributed by atoms with Crippen molar-refractivity contribution < 1.29 is 14.7 Å². The summed E-state index contributed by atoms with van der Waals surface area (Å²) in [6.45, 7) is 4.13. The number of fused-ring (bicyclic) bond motifs is 1. The van der Waals surface area contributed by atoms with E-state index >= 15 is 0 Å². The van der Waals surface area contributed by atoms with Crippen molar-refractivity contribution in [1.29, 1.82) is 0 Å². The lowest BCUT2D eigenvalue weighted by Crippen LogP contribution is -2.39. The Labute approximate surface area is 231 Å². The van der Waals surface area contributed by atoms with Crippen LogP contribution in [0.2, 0.25) is 0 Å². The van der Waals surface area contributed by atoms with Crippen molar-refractivity contribution in [3.8, 4) is 17.1 Å². The summed E-state index contributed by atoms with van der Waals surface area (Å²) in [5.41, 5.74) is 3.50. The van der Waals surface area contributed by atoms with Gasteiger partial charge in [0.2, 0.25) is 0 Å². The third kappa shape index (κ3) is 5.76. The van der Waals surface area contributed by atoms with Crippen molar-refractivity contribution in [3.63, 3.8) is 0 Å². The van der Waals surface area contributed by atoms with Crippen molar-refractivity contribution in [3.05, 3.63) is 102 Å². The topological polar surface area (TPSA) is 126 Å². The molecule has 4 aromatic heterocycles. The summed E-state index contributed by atoms with van der Waals surface area (Å²) in [5.74, 6) is -0.459. The minimum Gasteiger partial charge on any atom is -0.394 e.